The minimum Gasteiger partial charge on any atom is -0.381 e. The Morgan fingerprint density at radius 2 is 1.94 bits per heavy atom. The first-order chi connectivity index (χ1) is 8.78. The number of benzene rings is 1. The van der Waals surface area contributed by atoms with E-state index in [-0.39, 0.29) is 0 Å². The highest BCUT2D eigenvalue weighted by atomic mass is 15.2. The molecule has 0 aliphatic carbocycles. The molecule has 0 saturated carbocycles. The predicted molar refractivity (Wildman–Crippen MR) is 75.6 cm³/mol. The van der Waals surface area contributed by atoms with Crippen molar-refractivity contribution in [3.8, 4) is 0 Å². The monoisotopic (exact) mass is 243 g/mol. The molecule has 1 N–H and O–H groups in total. The van der Waals surface area contributed by atoms with Crippen molar-refractivity contribution >= 4 is 5.69 Å². The summed E-state index contributed by atoms with van der Waals surface area (Å²) in [6.45, 7) is 3.05. The Bertz CT molecular complexity index is 471. The number of nitrogens with one attached hydrogen (secondary N) is 1. The van der Waals surface area contributed by atoms with Crippen LogP contribution in [-0.2, 0) is 20.0 Å². The quantitative estimate of drug-likeness (QED) is 0.843. The standard InChI is InChI=1S/C15H21N3/c1-3-4-5-13-6-8-15(9-7-13)16-10-14-11-17-18(2)12-14/h6-9,11-12,16H,3-5,10H2,1-2H3. The molecule has 0 spiro atoms. The molecule has 0 atom stereocenters. The zero-order valence-corrected chi connectivity index (χ0v) is 11.2. The third-order valence-corrected chi connectivity index (χ3v) is 3.03. The maximum absolute atomic E-state index is 4.15. The van der Waals surface area contributed by atoms with Crippen LogP contribution in [0.1, 0.15) is 30.9 Å². The van der Waals surface area contributed by atoms with Gasteiger partial charge in [-0.2, -0.15) is 5.10 Å². The zero-order chi connectivity index (χ0) is 12.8. The molecule has 0 unspecified atom stereocenters. The highest BCUT2D eigenvalue weighted by Gasteiger charge is 1.97. The molecule has 1 aromatic heterocycles. The van der Waals surface area contributed by atoms with Crippen molar-refractivity contribution in [1.29, 1.82) is 0 Å². The van der Waals surface area contributed by atoms with Crippen LogP contribution in [0.15, 0.2) is 36.7 Å². The summed E-state index contributed by atoms with van der Waals surface area (Å²) >= 11 is 0. The van der Waals surface area contributed by atoms with Gasteiger partial charge in [-0.15, -0.1) is 0 Å². The van der Waals surface area contributed by atoms with Gasteiger partial charge in [0.2, 0.25) is 0 Å². The maximum atomic E-state index is 4.15. The molecule has 1 heterocycles. The lowest BCUT2D eigenvalue weighted by Crippen LogP contribution is -1.98. The molecule has 0 aliphatic rings. The summed E-state index contributed by atoms with van der Waals surface area (Å²) in [5.74, 6) is 0. The molecule has 2 rings (SSSR count). The minimum atomic E-state index is 0.822. The first-order valence-electron chi connectivity index (χ1n) is 6.58. The second-order valence-corrected chi connectivity index (χ2v) is 4.68. The molecule has 2 aromatic rings. The van der Waals surface area contributed by atoms with Crippen molar-refractivity contribution in [3.63, 3.8) is 0 Å². The molecule has 3 nitrogen and oxygen atoms in total. The average Bonchev–Trinajstić information content (AvgIpc) is 2.81. The zero-order valence-electron chi connectivity index (χ0n) is 11.2. The Morgan fingerprint density at radius 1 is 1.17 bits per heavy atom. The number of nitrogens with zero attached hydrogens (tertiary/aromatic N) is 2. The molecule has 0 bridgehead atoms. The fraction of sp³-hybridized carbons (Fsp3) is 0.400. The van der Waals surface area contributed by atoms with Gasteiger partial charge in [0.25, 0.3) is 0 Å². The van der Waals surface area contributed by atoms with Crippen LogP contribution in [0.2, 0.25) is 0 Å². The predicted octanol–water partition coefficient (Wildman–Crippen LogP) is 3.37. The number of aromatic nitrogens is 2. The minimum absolute atomic E-state index is 0.822. The van der Waals surface area contributed by atoms with Gasteiger partial charge in [0, 0.05) is 31.0 Å². The number of unbranched alkanes of at least 4 members (excludes halogenated alkanes) is 1. The topological polar surface area (TPSA) is 29.9 Å². The molecular weight excluding hydrogens is 222 g/mol. The van der Waals surface area contributed by atoms with E-state index < -0.39 is 0 Å². The molecule has 3 heteroatoms. The van der Waals surface area contributed by atoms with Crippen molar-refractivity contribution in [2.24, 2.45) is 7.05 Å². The van der Waals surface area contributed by atoms with E-state index in [2.05, 4.69) is 41.6 Å². The van der Waals surface area contributed by atoms with E-state index in [4.69, 9.17) is 0 Å². The summed E-state index contributed by atoms with van der Waals surface area (Å²) < 4.78 is 1.82. The van der Waals surface area contributed by atoms with Gasteiger partial charge in [-0.3, -0.25) is 4.68 Å². The van der Waals surface area contributed by atoms with Gasteiger partial charge in [-0.1, -0.05) is 25.5 Å². The van der Waals surface area contributed by atoms with Crippen molar-refractivity contribution in [3.05, 3.63) is 47.8 Å². The molecule has 0 amide bonds. The Kier molecular flexibility index (Phi) is 4.40. The van der Waals surface area contributed by atoms with Crippen LogP contribution in [-0.4, -0.2) is 9.78 Å². The Balaban J connectivity index is 1.86. The van der Waals surface area contributed by atoms with Crippen molar-refractivity contribution in [1.82, 2.24) is 9.78 Å². The second-order valence-electron chi connectivity index (χ2n) is 4.68. The summed E-state index contributed by atoms with van der Waals surface area (Å²) in [4.78, 5) is 0. The van der Waals surface area contributed by atoms with Gasteiger partial charge in [-0.05, 0) is 30.5 Å². The molecule has 1 aromatic carbocycles. The number of anilines is 1. The summed E-state index contributed by atoms with van der Waals surface area (Å²) in [5, 5.41) is 7.56. The first kappa shape index (κ1) is 12.7. The maximum Gasteiger partial charge on any atom is 0.0539 e. The lowest BCUT2D eigenvalue weighted by molar-refractivity contribution is 0.767. The van der Waals surface area contributed by atoms with Gasteiger partial charge in [0.1, 0.15) is 0 Å². The third-order valence-electron chi connectivity index (χ3n) is 3.03. The lowest BCUT2D eigenvalue weighted by Gasteiger charge is -2.06. The largest absolute Gasteiger partial charge is 0.381 e. The molecule has 0 fully saturated rings. The molecule has 0 saturated heterocycles. The van der Waals surface area contributed by atoms with E-state index >= 15 is 0 Å². The van der Waals surface area contributed by atoms with E-state index in [1.807, 2.05) is 24.1 Å². The molecule has 18 heavy (non-hydrogen) atoms. The number of hydrogen-bond donors (Lipinski definition) is 1. The molecular formula is C15H21N3. The summed E-state index contributed by atoms with van der Waals surface area (Å²) in [6, 6.07) is 8.73. The lowest BCUT2D eigenvalue weighted by atomic mass is 10.1. The second kappa shape index (κ2) is 6.24. The molecule has 0 radical (unpaired) electrons. The highest BCUT2D eigenvalue weighted by molar-refractivity contribution is 5.45. The Morgan fingerprint density at radius 3 is 2.56 bits per heavy atom. The normalized spacial score (nSPS) is 10.6. The Hall–Kier alpha value is -1.77. The summed E-state index contributed by atoms with van der Waals surface area (Å²) in [7, 11) is 1.94. The fourth-order valence-corrected chi connectivity index (χ4v) is 1.94. The van der Waals surface area contributed by atoms with Crippen LogP contribution in [0.5, 0.6) is 0 Å². The van der Waals surface area contributed by atoms with Crippen LogP contribution in [0.4, 0.5) is 5.69 Å². The summed E-state index contributed by atoms with van der Waals surface area (Å²) in [5.41, 5.74) is 3.79. The van der Waals surface area contributed by atoms with Crippen molar-refractivity contribution in [2.45, 2.75) is 32.7 Å². The van der Waals surface area contributed by atoms with Crippen LogP contribution in [0.25, 0.3) is 0 Å². The van der Waals surface area contributed by atoms with Gasteiger partial charge >= 0.3 is 0 Å². The van der Waals surface area contributed by atoms with E-state index in [0.29, 0.717) is 0 Å². The van der Waals surface area contributed by atoms with E-state index in [9.17, 15) is 0 Å². The van der Waals surface area contributed by atoms with Crippen LogP contribution in [0, 0.1) is 0 Å². The smallest absolute Gasteiger partial charge is 0.0539 e. The van der Waals surface area contributed by atoms with E-state index in [1.54, 1.807) is 0 Å². The first-order valence-corrected chi connectivity index (χ1v) is 6.58. The van der Waals surface area contributed by atoms with Crippen molar-refractivity contribution < 1.29 is 0 Å². The van der Waals surface area contributed by atoms with Gasteiger partial charge in [-0.25, -0.2) is 0 Å². The fourth-order valence-electron chi connectivity index (χ4n) is 1.94. The van der Waals surface area contributed by atoms with Crippen LogP contribution in [0.3, 0.4) is 0 Å². The van der Waals surface area contributed by atoms with Crippen LogP contribution >= 0.6 is 0 Å². The van der Waals surface area contributed by atoms with E-state index in [0.717, 1.165) is 6.54 Å². The third kappa shape index (κ3) is 3.62. The highest BCUT2D eigenvalue weighted by Crippen LogP contribution is 2.12. The van der Waals surface area contributed by atoms with E-state index in [1.165, 1.54) is 36.1 Å². The SMILES string of the molecule is CCCCc1ccc(NCc2cnn(C)c2)cc1. The number of hydrogen-bond acceptors (Lipinski definition) is 2. The molecule has 0 aliphatic heterocycles. The van der Waals surface area contributed by atoms with Crippen molar-refractivity contribution in [2.75, 3.05) is 5.32 Å². The Labute approximate surface area is 109 Å². The van der Waals surface area contributed by atoms with Gasteiger partial charge < -0.3 is 5.32 Å². The number of rotatable bonds is 6. The molecule has 96 valence electrons. The average molecular weight is 243 g/mol. The van der Waals surface area contributed by atoms with Gasteiger partial charge in [0.15, 0.2) is 0 Å². The van der Waals surface area contributed by atoms with Crippen LogP contribution < -0.4 is 5.32 Å². The van der Waals surface area contributed by atoms with Gasteiger partial charge in [0.05, 0.1) is 6.20 Å². The number of aryl methyl sites for hydroxylation is 2. The summed E-state index contributed by atoms with van der Waals surface area (Å²) in [6.07, 6.45) is 7.62.